The number of nitrogens with zero attached hydrogens (tertiary/aromatic N) is 1. The molecule has 0 saturated heterocycles. The van der Waals surface area contributed by atoms with Gasteiger partial charge in [0.15, 0.2) is 0 Å². The summed E-state index contributed by atoms with van der Waals surface area (Å²) < 4.78 is 27.0. The van der Waals surface area contributed by atoms with Gasteiger partial charge in [0.1, 0.15) is 4.21 Å². The second-order valence-electron chi connectivity index (χ2n) is 5.16. The lowest BCUT2D eigenvalue weighted by Gasteiger charge is -2.26. The lowest BCUT2D eigenvalue weighted by Crippen LogP contribution is -2.38. The van der Waals surface area contributed by atoms with Gasteiger partial charge in [-0.1, -0.05) is 24.3 Å². The quantitative estimate of drug-likeness (QED) is 0.603. The summed E-state index contributed by atoms with van der Waals surface area (Å²) in [6.45, 7) is 0.985. The Morgan fingerprint density at radius 3 is 2.75 bits per heavy atom. The molecule has 2 N–H and O–H groups in total. The van der Waals surface area contributed by atoms with Gasteiger partial charge in [-0.25, -0.2) is 13.1 Å². The van der Waals surface area contributed by atoms with Crippen molar-refractivity contribution in [2.75, 3.05) is 13.1 Å². The molecule has 1 aromatic carbocycles. The molecule has 0 radical (unpaired) electrons. The van der Waals surface area contributed by atoms with Crippen molar-refractivity contribution < 1.29 is 13.3 Å². The van der Waals surface area contributed by atoms with Crippen LogP contribution in [0.3, 0.4) is 0 Å². The number of halogens is 1. The highest BCUT2D eigenvalue weighted by Crippen LogP contribution is 2.28. The summed E-state index contributed by atoms with van der Waals surface area (Å²) in [5.74, 6) is 0. The topological polar surface area (TPSA) is 101 Å². The van der Waals surface area contributed by atoms with Crippen LogP contribution in [0.4, 0.5) is 5.00 Å². The average molecular weight is 390 g/mol. The van der Waals surface area contributed by atoms with E-state index in [1.54, 1.807) is 0 Å². The fourth-order valence-electron chi connectivity index (χ4n) is 2.59. The Balaban J connectivity index is 0.00000208. The molecule has 1 atom stereocenters. The highest BCUT2D eigenvalue weighted by molar-refractivity contribution is 7.91. The summed E-state index contributed by atoms with van der Waals surface area (Å²) in [7, 11) is -3.75. The molecule has 0 saturated carbocycles. The highest BCUT2D eigenvalue weighted by atomic mass is 35.5. The highest BCUT2D eigenvalue weighted by Gasteiger charge is 2.24. The van der Waals surface area contributed by atoms with E-state index in [2.05, 4.69) is 10.0 Å². The van der Waals surface area contributed by atoms with Crippen LogP contribution in [0.25, 0.3) is 0 Å². The Morgan fingerprint density at radius 2 is 2.04 bits per heavy atom. The predicted molar refractivity (Wildman–Crippen MR) is 94.3 cm³/mol. The van der Waals surface area contributed by atoms with E-state index >= 15 is 0 Å². The SMILES string of the molecule is Cl.O=[N+]([O-])c1ccc(S(=O)(=O)NCC2NCCc3ccccc32)s1. The van der Waals surface area contributed by atoms with E-state index in [4.69, 9.17) is 0 Å². The number of nitro groups is 1. The van der Waals surface area contributed by atoms with Crippen molar-refractivity contribution in [2.45, 2.75) is 16.7 Å². The summed E-state index contributed by atoms with van der Waals surface area (Å²) in [6, 6.07) is 10.3. The number of hydrogen-bond donors (Lipinski definition) is 2. The van der Waals surface area contributed by atoms with Gasteiger partial charge in [-0.05, 0) is 41.5 Å². The van der Waals surface area contributed by atoms with E-state index in [1.165, 1.54) is 17.7 Å². The number of thiophene rings is 1. The van der Waals surface area contributed by atoms with Gasteiger partial charge >= 0.3 is 5.00 Å². The van der Waals surface area contributed by atoms with Crippen LogP contribution in [-0.2, 0) is 16.4 Å². The molecule has 1 aliphatic heterocycles. The molecule has 2 aromatic rings. The molecule has 0 bridgehead atoms. The maximum Gasteiger partial charge on any atom is 0.325 e. The van der Waals surface area contributed by atoms with Gasteiger partial charge in [0.05, 0.1) is 4.92 Å². The Hall–Kier alpha value is -1.52. The molecule has 1 aromatic heterocycles. The van der Waals surface area contributed by atoms with Gasteiger partial charge in [0, 0.05) is 18.7 Å². The van der Waals surface area contributed by atoms with Gasteiger partial charge in [-0.15, -0.1) is 12.4 Å². The van der Waals surface area contributed by atoms with E-state index in [9.17, 15) is 18.5 Å². The van der Waals surface area contributed by atoms with Gasteiger partial charge in [0.25, 0.3) is 0 Å². The Kier molecular flexibility index (Phi) is 5.94. The van der Waals surface area contributed by atoms with Crippen molar-refractivity contribution in [1.29, 1.82) is 0 Å². The van der Waals surface area contributed by atoms with Crippen LogP contribution in [0.2, 0.25) is 0 Å². The molecule has 0 spiro atoms. The van der Waals surface area contributed by atoms with Crippen LogP contribution in [0.5, 0.6) is 0 Å². The summed E-state index contributed by atoms with van der Waals surface area (Å²) in [4.78, 5) is 10.1. The van der Waals surface area contributed by atoms with Gasteiger partial charge in [-0.3, -0.25) is 10.1 Å². The molecule has 7 nitrogen and oxygen atoms in total. The maximum absolute atomic E-state index is 12.3. The molecular formula is C14H16ClN3O4S2. The fourth-order valence-corrected chi connectivity index (χ4v) is 4.79. The van der Waals surface area contributed by atoms with Crippen LogP contribution in [-0.4, -0.2) is 26.4 Å². The van der Waals surface area contributed by atoms with Crippen molar-refractivity contribution in [3.8, 4) is 0 Å². The number of benzene rings is 1. The van der Waals surface area contributed by atoms with E-state index < -0.39 is 14.9 Å². The van der Waals surface area contributed by atoms with E-state index in [-0.39, 0.29) is 34.2 Å². The first-order chi connectivity index (χ1) is 11.0. The molecule has 1 aliphatic rings. The maximum atomic E-state index is 12.3. The predicted octanol–water partition coefficient (Wildman–Crippen LogP) is 2.24. The Labute approximate surface area is 149 Å². The number of nitrogens with one attached hydrogen (secondary N) is 2. The molecule has 0 amide bonds. The fraction of sp³-hybridized carbons (Fsp3) is 0.286. The second kappa shape index (κ2) is 7.58. The third-order valence-corrected chi connectivity index (χ3v) is 6.66. The monoisotopic (exact) mass is 389 g/mol. The third kappa shape index (κ3) is 3.93. The minimum atomic E-state index is -3.75. The first kappa shape index (κ1) is 18.8. The van der Waals surface area contributed by atoms with Gasteiger partial charge in [-0.2, -0.15) is 0 Å². The Morgan fingerprint density at radius 1 is 1.29 bits per heavy atom. The van der Waals surface area contributed by atoms with E-state index in [1.807, 2.05) is 24.3 Å². The lowest BCUT2D eigenvalue weighted by atomic mass is 9.95. The molecule has 10 heteroatoms. The zero-order valence-electron chi connectivity index (χ0n) is 12.5. The second-order valence-corrected chi connectivity index (χ2v) is 8.21. The molecule has 1 unspecified atom stereocenters. The van der Waals surface area contributed by atoms with Crippen LogP contribution in [0.1, 0.15) is 17.2 Å². The Bertz CT molecular complexity index is 838. The molecule has 3 rings (SSSR count). The number of rotatable bonds is 5. The van der Waals surface area contributed by atoms with Crippen LogP contribution in [0, 0.1) is 10.1 Å². The van der Waals surface area contributed by atoms with Crippen molar-refractivity contribution in [3.05, 3.63) is 57.6 Å². The summed E-state index contributed by atoms with van der Waals surface area (Å²) in [5.41, 5.74) is 2.29. The van der Waals surface area contributed by atoms with Crippen molar-refractivity contribution in [2.24, 2.45) is 0 Å². The normalized spacial score (nSPS) is 16.9. The van der Waals surface area contributed by atoms with Crippen LogP contribution < -0.4 is 10.0 Å². The van der Waals surface area contributed by atoms with Crippen LogP contribution in [0.15, 0.2) is 40.6 Å². The molecular weight excluding hydrogens is 374 g/mol. The van der Waals surface area contributed by atoms with Crippen molar-refractivity contribution in [3.63, 3.8) is 0 Å². The molecule has 24 heavy (non-hydrogen) atoms. The standard InChI is InChI=1S/C14H15N3O4S2.ClH/c18-17(19)13-5-6-14(22-13)23(20,21)16-9-12-11-4-2-1-3-10(11)7-8-15-12;/h1-6,12,15-16H,7-9H2;1H. The summed E-state index contributed by atoms with van der Waals surface area (Å²) in [6.07, 6.45) is 0.913. The van der Waals surface area contributed by atoms with Gasteiger partial charge in [0.2, 0.25) is 10.0 Å². The first-order valence-corrected chi connectivity index (χ1v) is 9.32. The molecule has 2 heterocycles. The van der Waals surface area contributed by atoms with Crippen molar-refractivity contribution >= 4 is 38.8 Å². The molecule has 0 fully saturated rings. The van der Waals surface area contributed by atoms with Crippen molar-refractivity contribution in [1.82, 2.24) is 10.0 Å². The summed E-state index contributed by atoms with van der Waals surface area (Å²) in [5, 5.41) is 13.8. The largest absolute Gasteiger partial charge is 0.325 e. The molecule has 130 valence electrons. The minimum absolute atomic E-state index is 0. The van der Waals surface area contributed by atoms with Crippen LogP contribution >= 0.6 is 23.7 Å². The number of hydrogen-bond acceptors (Lipinski definition) is 6. The zero-order chi connectivity index (χ0) is 16.4. The third-order valence-electron chi connectivity index (χ3n) is 3.71. The summed E-state index contributed by atoms with van der Waals surface area (Å²) >= 11 is 0.650. The van der Waals surface area contributed by atoms with E-state index in [0.717, 1.165) is 18.5 Å². The number of sulfonamides is 1. The number of fused-ring (bicyclic) bond motifs is 1. The van der Waals surface area contributed by atoms with Gasteiger partial charge < -0.3 is 5.32 Å². The first-order valence-electron chi connectivity index (χ1n) is 7.02. The smallest absolute Gasteiger partial charge is 0.308 e. The lowest BCUT2D eigenvalue weighted by molar-refractivity contribution is -0.380. The zero-order valence-corrected chi connectivity index (χ0v) is 14.9. The van der Waals surface area contributed by atoms with E-state index in [0.29, 0.717) is 11.3 Å². The minimum Gasteiger partial charge on any atom is -0.308 e. The molecule has 0 aliphatic carbocycles. The average Bonchev–Trinajstić information content (AvgIpc) is 3.04.